The predicted molar refractivity (Wildman–Crippen MR) is 68.1 cm³/mol. The van der Waals surface area contributed by atoms with E-state index in [-0.39, 0.29) is 11.4 Å². The highest BCUT2D eigenvalue weighted by Gasteiger charge is 2.39. The first-order valence-electron chi connectivity index (χ1n) is 5.99. The Morgan fingerprint density at radius 2 is 2.31 bits per heavy atom. The van der Waals surface area contributed by atoms with E-state index in [1.54, 1.807) is 11.8 Å². The summed E-state index contributed by atoms with van der Waals surface area (Å²) < 4.78 is 0. The van der Waals surface area contributed by atoms with Crippen LogP contribution in [-0.4, -0.2) is 27.8 Å². The molecule has 1 saturated carbocycles. The minimum absolute atomic E-state index is 0.260. The maximum atomic E-state index is 9.36. The van der Waals surface area contributed by atoms with E-state index in [0.717, 1.165) is 31.4 Å². The first-order valence-corrected chi connectivity index (χ1v) is 7.04. The molecule has 0 heterocycles. The standard InChI is InChI=1S/C12H22N2OS/c1-9(15)10(2)16-7-5-11-4-3-6-12(11,14)8-13/h9-11,15H,3-7,14H2,1-2H3. The van der Waals surface area contributed by atoms with E-state index >= 15 is 0 Å². The van der Waals surface area contributed by atoms with Gasteiger partial charge in [0.1, 0.15) is 5.54 Å². The molecule has 92 valence electrons. The van der Waals surface area contributed by atoms with Crippen LogP contribution in [0.5, 0.6) is 0 Å². The van der Waals surface area contributed by atoms with Crippen LogP contribution in [0.2, 0.25) is 0 Å². The maximum Gasteiger partial charge on any atom is 0.107 e. The zero-order valence-electron chi connectivity index (χ0n) is 10.1. The highest BCUT2D eigenvalue weighted by atomic mass is 32.2. The number of rotatable bonds is 5. The predicted octanol–water partition coefficient (Wildman–Crippen LogP) is 1.90. The van der Waals surface area contributed by atoms with Crippen molar-refractivity contribution in [2.75, 3.05) is 5.75 Å². The molecule has 0 aliphatic heterocycles. The molecule has 1 aliphatic carbocycles. The smallest absolute Gasteiger partial charge is 0.107 e. The fraction of sp³-hybridized carbons (Fsp3) is 0.917. The SMILES string of the molecule is CC(O)C(C)SCCC1CCCC1(N)C#N. The second-order valence-electron chi connectivity index (χ2n) is 4.85. The molecule has 0 amide bonds. The monoisotopic (exact) mass is 242 g/mol. The van der Waals surface area contributed by atoms with Crippen LogP contribution in [0.4, 0.5) is 0 Å². The molecular formula is C12H22N2OS. The molecule has 0 saturated heterocycles. The summed E-state index contributed by atoms with van der Waals surface area (Å²) in [6.45, 7) is 3.85. The van der Waals surface area contributed by atoms with Gasteiger partial charge in [0, 0.05) is 5.25 Å². The van der Waals surface area contributed by atoms with Gasteiger partial charge < -0.3 is 10.8 Å². The molecular weight excluding hydrogens is 220 g/mol. The van der Waals surface area contributed by atoms with Gasteiger partial charge in [0.05, 0.1) is 12.2 Å². The molecule has 0 aromatic carbocycles. The Kier molecular flexibility index (Phi) is 5.10. The lowest BCUT2D eigenvalue weighted by Gasteiger charge is -2.24. The lowest BCUT2D eigenvalue weighted by atomic mass is 9.88. The number of nitrogens with zero attached hydrogens (tertiary/aromatic N) is 1. The molecule has 1 fully saturated rings. The van der Waals surface area contributed by atoms with Crippen LogP contribution in [-0.2, 0) is 0 Å². The number of thioether (sulfide) groups is 1. The van der Waals surface area contributed by atoms with Crippen molar-refractivity contribution in [1.82, 2.24) is 0 Å². The molecule has 4 unspecified atom stereocenters. The van der Waals surface area contributed by atoms with Gasteiger partial charge in [-0.05, 0) is 37.9 Å². The summed E-state index contributed by atoms with van der Waals surface area (Å²) in [5.74, 6) is 1.32. The quantitative estimate of drug-likeness (QED) is 0.772. The summed E-state index contributed by atoms with van der Waals surface area (Å²) in [5, 5.41) is 18.7. The third-order valence-electron chi connectivity index (χ3n) is 3.61. The van der Waals surface area contributed by atoms with Gasteiger partial charge in [0.15, 0.2) is 0 Å². The zero-order chi connectivity index (χ0) is 12.2. The number of nitriles is 1. The van der Waals surface area contributed by atoms with Gasteiger partial charge in [-0.2, -0.15) is 17.0 Å². The first kappa shape index (κ1) is 13.8. The van der Waals surface area contributed by atoms with Crippen LogP contribution in [0.25, 0.3) is 0 Å². The largest absolute Gasteiger partial charge is 0.392 e. The van der Waals surface area contributed by atoms with Gasteiger partial charge in [0.25, 0.3) is 0 Å². The molecule has 0 bridgehead atoms. The molecule has 0 aromatic heterocycles. The van der Waals surface area contributed by atoms with Crippen LogP contribution in [0, 0.1) is 17.2 Å². The van der Waals surface area contributed by atoms with Crippen molar-refractivity contribution in [2.45, 2.75) is 56.4 Å². The Hall–Kier alpha value is -0.240. The Balaban J connectivity index is 2.31. The summed E-state index contributed by atoms with van der Waals surface area (Å²) in [6, 6.07) is 2.27. The molecule has 0 aromatic rings. The van der Waals surface area contributed by atoms with Crippen molar-refractivity contribution >= 4 is 11.8 Å². The van der Waals surface area contributed by atoms with Gasteiger partial charge in [0.2, 0.25) is 0 Å². The van der Waals surface area contributed by atoms with E-state index in [2.05, 4.69) is 6.07 Å². The topological polar surface area (TPSA) is 70.0 Å². The average Bonchev–Trinajstić information content (AvgIpc) is 2.61. The Morgan fingerprint density at radius 1 is 1.62 bits per heavy atom. The van der Waals surface area contributed by atoms with E-state index in [4.69, 9.17) is 11.0 Å². The van der Waals surface area contributed by atoms with Gasteiger partial charge >= 0.3 is 0 Å². The van der Waals surface area contributed by atoms with Gasteiger partial charge in [-0.3, -0.25) is 0 Å². The van der Waals surface area contributed by atoms with Crippen LogP contribution in [0.3, 0.4) is 0 Å². The highest BCUT2D eigenvalue weighted by Crippen LogP contribution is 2.36. The fourth-order valence-electron chi connectivity index (χ4n) is 2.19. The minimum atomic E-state index is -0.589. The number of hydrogen-bond donors (Lipinski definition) is 2. The second kappa shape index (κ2) is 5.90. The van der Waals surface area contributed by atoms with Crippen LogP contribution < -0.4 is 5.73 Å². The highest BCUT2D eigenvalue weighted by molar-refractivity contribution is 7.99. The van der Waals surface area contributed by atoms with E-state index in [1.165, 1.54) is 0 Å². The number of nitrogens with two attached hydrogens (primary N) is 1. The van der Waals surface area contributed by atoms with E-state index < -0.39 is 5.54 Å². The van der Waals surface area contributed by atoms with Crippen LogP contribution in [0.1, 0.15) is 39.5 Å². The van der Waals surface area contributed by atoms with Crippen molar-refractivity contribution in [1.29, 1.82) is 5.26 Å². The normalized spacial score (nSPS) is 33.3. The molecule has 1 rings (SSSR count). The first-order chi connectivity index (χ1) is 7.49. The maximum absolute atomic E-state index is 9.36. The molecule has 0 radical (unpaired) electrons. The third-order valence-corrected chi connectivity index (χ3v) is 5.00. The number of aliphatic hydroxyl groups is 1. The van der Waals surface area contributed by atoms with E-state index in [0.29, 0.717) is 5.92 Å². The van der Waals surface area contributed by atoms with Crippen molar-refractivity contribution in [3.8, 4) is 6.07 Å². The summed E-state index contributed by atoms with van der Waals surface area (Å²) in [6.07, 6.45) is 3.71. The number of hydrogen-bond acceptors (Lipinski definition) is 4. The lowest BCUT2D eigenvalue weighted by Crippen LogP contribution is -2.42. The molecule has 4 atom stereocenters. The van der Waals surface area contributed by atoms with Crippen LogP contribution >= 0.6 is 11.8 Å². The Morgan fingerprint density at radius 3 is 2.88 bits per heavy atom. The fourth-order valence-corrected chi connectivity index (χ4v) is 3.26. The molecule has 4 heteroatoms. The Labute approximate surface area is 102 Å². The average molecular weight is 242 g/mol. The number of aliphatic hydroxyl groups excluding tert-OH is 1. The van der Waals surface area contributed by atoms with Gasteiger partial charge in [-0.1, -0.05) is 13.3 Å². The Bertz CT molecular complexity index is 264. The summed E-state index contributed by atoms with van der Waals surface area (Å²) >= 11 is 1.77. The summed E-state index contributed by atoms with van der Waals surface area (Å²) in [7, 11) is 0. The minimum Gasteiger partial charge on any atom is -0.392 e. The lowest BCUT2D eigenvalue weighted by molar-refractivity contribution is 0.196. The molecule has 3 N–H and O–H groups in total. The molecule has 3 nitrogen and oxygen atoms in total. The molecule has 0 spiro atoms. The molecule has 1 aliphatic rings. The van der Waals surface area contributed by atoms with Crippen molar-refractivity contribution in [3.05, 3.63) is 0 Å². The second-order valence-corrected chi connectivity index (χ2v) is 6.33. The molecule has 16 heavy (non-hydrogen) atoms. The van der Waals surface area contributed by atoms with E-state index in [1.807, 2.05) is 13.8 Å². The third kappa shape index (κ3) is 3.38. The summed E-state index contributed by atoms with van der Waals surface area (Å²) in [4.78, 5) is 0. The van der Waals surface area contributed by atoms with Crippen molar-refractivity contribution in [2.24, 2.45) is 11.7 Å². The van der Waals surface area contributed by atoms with Gasteiger partial charge in [-0.15, -0.1) is 0 Å². The van der Waals surface area contributed by atoms with Crippen LogP contribution in [0.15, 0.2) is 0 Å². The van der Waals surface area contributed by atoms with Crippen molar-refractivity contribution < 1.29 is 5.11 Å². The van der Waals surface area contributed by atoms with E-state index in [9.17, 15) is 5.11 Å². The summed E-state index contributed by atoms with van der Waals surface area (Å²) in [5.41, 5.74) is 5.47. The van der Waals surface area contributed by atoms with Gasteiger partial charge in [-0.25, -0.2) is 0 Å². The van der Waals surface area contributed by atoms with Crippen molar-refractivity contribution in [3.63, 3.8) is 0 Å². The zero-order valence-corrected chi connectivity index (χ0v) is 11.0.